The number of rotatable bonds is 5. The third-order valence-electron chi connectivity index (χ3n) is 3.43. The third kappa shape index (κ3) is 3.60. The van der Waals surface area contributed by atoms with Crippen molar-refractivity contribution < 1.29 is 14.6 Å². The fraction of sp³-hybridized carbons (Fsp3) is 0.294. The second-order valence-corrected chi connectivity index (χ2v) is 5.04. The van der Waals surface area contributed by atoms with E-state index in [-0.39, 0.29) is 6.42 Å². The number of pyridine rings is 1. The molecule has 4 nitrogen and oxygen atoms in total. The summed E-state index contributed by atoms with van der Waals surface area (Å²) < 4.78 is 5.39. The lowest BCUT2D eigenvalue weighted by molar-refractivity contribution is -0.136. The highest BCUT2D eigenvalue weighted by molar-refractivity contribution is 5.69. The topological polar surface area (TPSA) is 59.4 Å². The lowest BCUT2D eigenvalue weighted by Crippen LogP contribution is -2.01. The maximum absolute atomic E-state index is 10.7. The molecule has 0 unspecified atom stereocenters. The van der Waals surface area contributed by atoms with Crippen LogP contribution in [0, 0.1) is 13.8 Å². The second-order valence-electron chi connectivity index (χ2n) is 5.04. The molecule has 0 saturated heterocycles. The van der Waals surface area contributed by atoms with E-state index >= 15 is 0 Å². The summed E-state index contributed by atoms with van der Waals surface area (Å²) in [7, 11) is 1.64. The molecule has 1 aromatic heterocycles. The van der Waals surface area contributed by atoms with E-state index in [1.165, 1.54) is 0 Å². The standard InChI is InChI=1S/C17H19NO3/c1-11-4-8-16(21-3)14(10-11)15-7-5-13(12(2)18-15)6-9-17(19)20/h4-5,7-8,10H,6,9H2,1-3H3,(H,19,20). The van der Waals surface area contributed by atoms with Gasteiger partial charge in [0, 0.05) is 17.7 Å². The van der Waals surface area contributed by atoms with Crippen LogP contribution in [0.3, 0.4) is 0 Å². The number of carbonyl (C=O) groups is 1. The first-order valence-corrected chi connectivity index (χ1v) is 6.84. The summed E-state index contributed by atoms with van der Waals surface area (Å²) in [6.45, 7) is 3.93. The Morgan fingerprint density at radius 2 is 2.00 bits per heavy atom. The number of benzene rings is 1. The zero-order valence-electron chi connectivity index (χ0n) is 12.5. The molecule has 21 heavy (non-hydrogen) atoms. The van der Waals surface area contributed by atoms with E-state index < -0.39 is 5.97 Å². The summed E-state index contributed by atoms with van der Waals surface area (Å²) >= 11 is 0. The zero-order valence-corrected chi connectivity index (χ0v) is 12.5. The Morgan fingerprint density at radius 3 is 2.62 bits per heavy atom. The highest BCUT2D eigenvalue weighted by atomic mass is 16.5. The van der Waals surface area contributed by atoms with Crippen LogP contribution in [0.2, 0.25) is 0 Å². The van der Waals surface area contributed by atoms with Crippen molar-refractivity contribution in [1.29, 1.82) is 0 Å². The molecule has 2 aromatic rings. The van der Waals surface area contributed by atoms with Crippen LogP contribution in [0.5, 0.6) is 5.75 Å². The highest BCUT2D eigenvalue weighted by Gasteiger charge is 2.10. The van der Waals surface area contributed by atoms with Crippen LogP contribution < -0.4 is 4.74 Å². The molecule has 0 aliphatic heterocycles. The molecule has 0 atom stereocenters. The lowest BCUT2D eigenvalue weighted by atomic mass is 10.0. The SMILES string of the molecule is COc1ccc(C)cc1-c1ccc(CCC(=O)O)c(C)n1. The van der Waals surface area contributed by atoms with Gasteiger partial charge in [0.1, 0.15) is 5.75 Å². The molecule has 0 amide bonds. The Morgan fingerprint density at radius 1 is 1.24 bits per heavy atom. The highest BCUT2D eigenvalue weighted by Crippen LogP contribution is 2.30. The minimum absolute atomic E-state index is 0.121. The van der Waals surface area contributed by atoms with Gasteiger partial charge in [-0.25, -0.2) is 0 Å². The van der Waals surface area contributed by atoms with E-state index in [0.29, 0.717) is 6.42 Å². The molecule has 1 N–H and O–H groups in total. The molecule has 4 heteroatoms. The number of carboxylic acids is 1. The average Bonchev–Trinajstić information content (AvgIpc) is 2.45. The first-order chi connectivity index (χ1) is 10.0. The summed E-state index contributed by atoms with van der Waals surface area (Å²) in [5, 5.41) is 8.76. The molecular weight excluding hydrogens is 266 g/mol. The number of nitrogens with zero attached hydrogens (tertiary/aromatic N) is 1. The van der Waals surface area contributed by atoms with E-state index in [1.807, 2.05) is 44.2 Å². The molecule has 0 fully saturated rings. The molecule has 0 aliphatic carbocycles. The van der Waals surface area contributed by atoms with Gasteiger partial charge in [-0.05, 0) is 44.0 Å². The van der Waals surface area contributed by atoms with Crippen LogP contribution >= 0.6 is 0 Å². The number of hydrogen-bond acceptors (Lipinski definition) is 3. The molecule has 0 radical (unpaired) electrons. The molecule has 0 spiro atoms. The Kier molecular flexibility index (Phi) is 4.58. The van der Waals surface area contributed by atoms with Crippen molar-refractivity contribution in [2.24, 2.45) is 0 Å². The largest absolute Gasteiger partial charge is 0.496 e. The Hall–Kier alpha value is -2.36. The molecule has 1 heterocycles. The molecular formula is C17H19NO3. The van der Waals surface area contributed by atoms with E-state index in [0.717, 1.165) is 33.8 Å². The normalized spacial score (nSPS) is 10.4. The van der Waals surface area contributed by atoms with E-state index in [4.69, 9.17) is 9.84 Å². The maximum Gasteiger partial charge on any atom is 0.303 e. The van der Waals surface area contributed by atoms with Gasteiger partial charge in [-0.1, -0.05) is 17.7 Å². The van der Waals surface area contributed by atoms with Crippen LogP contribution in [0.4, 0.5) is 0 Å². The minimum Gasteiger partial charge on any atom is -0.496 e. The van der Waals surface area contributed by atoms with Crippen molar-refractivity contribution in [3.8, 4) is 17.0 Å². The van der Waals surface area contributed by atoms with Crippen LogP contribution in [0.1, 0.15) is 23.2 Å². The van der Waals surface area contributed by atoms with Gasteiger partial charge in [-0.2, -0.15) is 0 Å². The Balaban J connectivity index is 2.36. The monoisotopic (exact) mass is 285 g/mol. The molecule has 0 bridgehead atoms. The van der Waals surface area contributed by atoms with Gasteiger partial charge in [0.05, 0.1) is 12.8 Å². The van der Waals surface area contributed by atoms with Crippen LogP contribution in [0.25, 0.3) is 11.3 Å². The van der Waals surface area contributed by atoms with Gasteiger partial charge in [0.2, 0.25) is 0 Å². The number of aromatic nitrogens is 1. The quantitative estimate of drug-likeness (QED) is 0.914. The predicted molar refractivity (Wildman–Crippen MR) is 81.7 cm³/mol. The smallest absolute Gasteiger partial charge is 0.303 e. The Bertz CT molecular complexity index is 665. The number of methoxy groups -OCH3 is 1. The van der Waals surface area contributed by atoms with Crippen molar-refractivity contribution in [2.45, 2.75) is 26.7 Å². The van der Waals surface area contributed by atoms with Crippen LogP contribution in [0.15, 0.2) is 30.3 Å². The first-order valence-electron chi connectivity index (χ1n) is 6.84. The van der Waals surface area contributed by atoms with Gasteiger partial charge < -0.3 is 9.84 Å². The van der Waals surface area contributed by atoms with Crippen molar-refractivity contribution >= 4 is 5.97 Å². The van der Waals surface area contributed by atoms with Crippen LogP contribution in [-0.2, 0) is 11.2 Å². The van der Waals surface area contributed by atoms with E-state index in [9.17, 15) is 4.79 Å². The number of aryl methyl sites for hydroxylation is 3. The maximum atomic E-state index is 10.7. The van der Waals surface area contributed by atoms with E-state index in [1.54, 1.807) is 7.11 Å². The van der Waals surface area contributed by atoms with Gasteiger partial charge in [-0.15, -0.1) is 0 Å². The second kappa shape index (κ2) is 6.39. The summed E-state index contributed by atoms with van der Waals surface area (Å²) in [6.07, 6.45) is 0.620. The van der Waals surface area contributed by atoms with Crippen LogP contribution in [-0.4, -0.2) is 23.2 Å². The number of hydrogen-bond donors (Lipinski definition) is 1. The number of carboxylic acid groups (broad SMARTS) is 1. The van der Waals surface area contributed by atoms with Crippen molar-refractivity contribution in [1.82, 2.24) is 4.98 Å². The molecule has 110 valence electrons. The van der Waals surface area contributed by atoms with Gasteiger partial charge >= 0.3 is 5.97 Å². The molecule has 0 saturated carbocycles. The first kappa shape index (κ1) is 15.0. The van der Waals surface area contributed by atoms with Gasteiger partial charge in [0.25, 0.3) is 0 Å². The average molecular weight is 285 g/mol. The third-order valence-corrected chi connectivity index (χ3v) is 3.43. The fourth-order valence-corrected chi connectivity index (χ4v) is 2.27. The van der Waals surface area contributed by atoms with Gasteiger partial charge in [0.15, 0.2) is 0 Å². The summed E-state index contributed by atoms with van der Waals surface area (Å²) in [6, 6.07) is 9.83. The van der Waals surface area contributed by atoms with Crippen molar-refractivity contribution in [3.05, 3.63) is 47.2 Å². The fourth-order valence-electron chi connectivity index (χ4n) is 2.27. The Labute approximate surface area is 124 Å². The minimum atomic E-state index is -0.793. The summed E-state index contributed by atoms with van der Waals surface area (Å²) in [5.74, 6) is -0.00961. The number of aliphatic carboxylic acids is 1. The molecule has 1 aromatic carbocycles. The van der Waals surface area contributed by atoms with Gasteiger partial charge in [-0.3, -0.25) is 9.78 Å². The zero-order chi connectivity index (χ0) is 15.4. The summed E-state index contributed by atoms with van der Waals surface area (Å²) in [5.41, 5.74) is 4.75. The number of ether oxygens (including phenoxy) is 1. The predicted octanol–water partition coefficient (Wildman–Crippen LogP) is 3.39. The molecule has 2 rings (SSSR count). The van der Waals surface area contributed by atoms with Crippen molar-refractivity contribution in [3.63, 3.8) is 0 Å². The lowest BCUT2D eigenvalue weighted by Gasteiger charge is -2.11. The van der Waals surface area contributed by atoms with E-state index in [2.05, 4.69) is 4.98 Å². The summed E-state index contributed by atoms with van der Waals surface area (Å²) in [4.78, 5) is 15.3. The molecule has 0 aliphatic rings. The van der Waals surface area contributed by atoms with Crippen molar-refractivity contribution in [2.75, 3.05) is 7.11 Å².